The van der Waals surface area contributed by atoms with Crippen molar-refractivity contribution in [3.05, 3.63) is 29.3 Å². The van der Waals surface area contributed by atoms with E-state index in [-0.39, 0.29) is 18.4 Å². The highest BCUT2D eigenvalue weighted by atomic mass is 19.1. The van der Waals surface area contributed by atoms with Gasteiger partial charge >= 0.3 is 5.97 Å². The Hall–Kier alpha value is -2.44. The zero-order chi connectivity index (χ0) is 18.5. The Morgan fingerprint density at radius 3 is 2.68 bits per heavy atom. The number of hydrogen-bond acceptors (Lipinski definition) is 4. The summed E-state index contributed by atoms with van der Waals surface area (Å²) < 4.78 is 19.8. The maximum Gasteiger partial charge on any atom is 0.329 e. The first-order valence-corrected chi connectivity index (χ1v) is 8.28. The van der Waals surface area contributed by atoms with Gasteiger partial charge in [-0.25, -0.2) is 14.2 Å². The molecular weight excluding hydrogens is 325 g/mol. The highest BCUT2D eigenvalue weighted by Gasteiger charge is 2.40. The Kier molecular flexibility index (Phi) is 4.05. The van der Waals surface area contributed by atoms with Crippen molar-refractivity contribution in [2.24, 2.45) is 5.92 Å². The molecule has 0 radical (unpaired) electrons. The van der Waals surface area contributed by atoms with E-state index >= 15 is 0 Å². The van der Waals surface area contributed by atoms with Crippen molar-refractivity contribution in [3.8, 4) is 0 Å². The molecule has 3 rings (SSSR count). The number of pyridine rings is 1. The first-order valence-electron chi connectivity index (χ1n) is 8.28. The van der Waals surface area contributed by atoms with Crippen molar-refractivity contribution < 1.29 is 18.7 Å². The Labute approximate surface area is 145 Å². The third-order valence-electron chi connectivity index (χ3n) is 4.19. The minimum absolute atomic E-state index is 0.0105. The van der Waals surface area contributed by atoms with Crippen molar-refractivity contribution in [2.45, 2.75) is 52.8 Å². The minimum Gasteiger partial charge on any atom is -0.458 e. The molecular formula is C18H22FN3O3. The zero-order valence-corrected chi connectivity index (χ0v) is 15.0. The first kappa shape index (κ1) is 17.4. The Bertz CT molecular complexity index is 851. The van der Waals surface area contributed by atoms with E-state index in [1.165, 1.54) is 11.1 Å². The van der Waals surface area contributed by atoms with E-state index in [2.05, 4.69) is 9.97 Å². The van der Waals surface area contributed by atoms with Gasteiger partial charge in [-0.15, -0.1) is 0 Å². The summed E-state index contributed by atoms with van der Waals surface area (Å²) in [7, 11) is 0. The summed E-state index contributed by atoms with van der Waals surface area (Å²) in [6, 6.07) is -0.794. The topological polar surface area (TPSA) is 75.3 Å². The molecule has 3 heterocycles. The number of esters is 1. The Morgan fingerprint density at radius 2 is 2.08 bits per heavy atom. The van der Waals surface area contributed by atoms with Gasteiger partial charge in [-0.05, 0) is 26.7 Å². The maximum absolute atomic E-state index is 14.3. The van der Waals surface area contributed by atoms with Crippen LogP contribution in [-0.2, 0) is 16.1 Å². The summed E-state index contributed by atoms with van der Waals surface area (Å²) >= 11 is 0. The van der Waals surface area contributed by atoms with Crippen LogP contribution in [0.15, 0.2) is 12.4 Å². The number of halogens is 1. The molecule has 7 heteroatoms. The summed E-state index contributed by atoms with van der Waals surface area (Å²) in [6.07, 6.45) is 2.64. The zero-order valence-electron chi connectivity index (χ0n) is 15.0. The predicted molar refractivity (Wildman–Crippen MR) is 90.4 cm³/mol. The molecule has 0 saturated carbocycles. The lowest BCUT2D eigenvalue weighted by molar-refractivity contribution is -0.162. The van der Waals surface area contributed by atoms with Crippen LogP contribution in [-0.4, -0.2) is 38.4 Å². The van der Waals surface area contributed by atoms with E-state index < -0.39 is 23.4 Å². The second-order valence-corrected chi connectivity index (χ2v) is 7.67. The lowest BCUT2D eigenvalue weighted by Gasteiger charge is -2.36. The van der Waals surface area contributed by atoms with Gasteiger partial charge in [-0.2, -0.15) is 0 Å². The molecule has 0 aliphatic carbocycles. The quantitative estimate of drug-likeness (QED) is 0.866. The molecule has 0 bridgehead atoms. The van der Waals surface area contributed by atoms with Gasteiger partial charge in [0.1, 0.15) is 23.1 Å². The van der Waals surface area contributed by atoms with Crippen molar-refractivity contribution in [2.75, 3.05) is 0 Å². The van der Waals surface area contributed by atoms with Crippen molar-refractivity contribution in [1.29, 1.82) is 0 Å². The van der Waals surface area contributed by atoms with E-state index in [9.17, 15) is 14.0 Å². The molecule has 134 valence electrons. The number of hydrogen-bond donors (Lipinski definition) is 1. The summed E-state index contributed by atoms with van der Waals surface area (Å²) in [5, 5.41) is 0.493. The highest BCUT2D eigenvalue weighted by Crippen LogP contribution is 2.33. The van der Waals surface area contributed by atoms with Crippen LogP contribution >= 0.6 is 0 Å². The molecule has 1 N–H and O–H groups in total. The van der Waals surface area contributed by atoms with Gasteiger partial charge in [-0.1, -0.05) is 13.8 Å². The smallest absolute Gasteiger partial charge is 0.329 e. The molecule has 25 heavy (non-hydrogen) atoms. The first-order chi connectivity index (χ1) is 11.6. The van der Waals surface area contributed by atoms with E-state index in [1.54, 1.807) is 20.8 Å². The van der Waals surface area contributed by atoms with Crippen LogP contribution < -0.4 is 0 Å². The number of ether oxygens (including phenoxy) is 1. The van der Waals surface area contributed by atoms with Crippen LogP contribution in [0, 0.1) is 11.7 Å². The minimum atomic E-state index is -0.794. The average molecular weight is 347 g/mol. The molecule has 2 aromatic rings. The lowest BCUT2D eigenvalue weighted by Crippen LogP contribution is -2.51. The van der Waals surface area contributed by atoms with Gasteiger partial charge in [0.05, 0.1) is 18.3 Å². The van der Waals surface area contributed by atoms with E-state index in [0.717, 1.165) is 6.20 Å². The SMILES string of the molecule is CC(C)[C@H](C(=O)OC(C)(C)C)N1Cc2c(F)cnc3[nH]cc(c23)C1=O. The number of nitrogens with one attached hydrogen (secondary N) is 1. The summed E-state index contributed by atoms with van der Waals surface area (Å²) in [4.78, 5) is 33.9. The van der Waals surface area contributed by atoms with Gasteiger partial charge in [-0.3, -0.25) is 4.79 Å². The van der Waals surface area contributed by atoms with Crippen molar-refractivity contribution >= 4 is 22.9 Å². The summed E-state index contributed by atoms with van der Waals surface area (Å²) in [6.45, 7) is 9.01. The fraction of sp³-hybridized carbons (Fsp3) is 0.500. The van der Waals surface area contributed by atoms with Crippen LogP contribution in [0.3, 0.4) is 0 Å². The number of aromatic amines is 1. The largest absolute Gasteiger partial charge is 0.458 e. The molecule has 0 fully saturated rings. The third-order valence-corrected chi connectivity index (χ3v) is 4.19. The highest BCUT2D eigenvalue weighted by molar-refractivity contribution is 6.09. The second kappa shape index (κ2) is 5.82. The molecule has 1 amide bonds. The normalized spacial score (nSPS) is 15.8. The van der Waals surface area contributed by atoms with Crippen LogP contribution in [0.5, 0.6) is 0 Å². The van der Waals surface area contributed by atoms with Gasteiger partial charge in [0.2, 0.25) is 0 Å². The second-order valence-electron chi connectivity index (χ2n) is 7.67. The van der Waals surface area contributed by atoms with Crippen LogP contribution in [0.4, 0.5) is 4.39 Å². The number of H-pyrrole nitrogens is 1. The molecule has 0 saturated heterocycles. The number of nitrogens with zero attached hydrogens (tertiary/aromatic N) is 2. The molecule has 1 atom stereocenters. The lowest BCUT2D eigenvalue weighted by atomic mass is 9.96. The molecule has 2 aromatic heterocycles. The number of carbonyl (C=O) groups excluding carboxylic acids is 2. The predicted octanol–water partition coefficient (Wildman–Crippen LogP) is 3.02. The van der Waals surface area contributed by atoms with Gasteiger partial charge in [0.15, 0.2) is 0 Å². The Morgan fingerprint density at radius 1 is 1.40 bits per heavy atom. The van der Waals surface area contributed by atoms with Gasteiger partial charge < -0.3 is 14.6 Å². The number of rotatable bonds is 3. The summed E-state index contributed by atoms with van der Waals surface area (Å²) in [5.74, 6) is -1.48. The van der Waals surface area contributed by atoms with Crippen molar-refractivity contribution in [1.82, 2.24) is 14.9 Å². The number of carbonyl (C=O) groups is 2. The van der Waals surface area contributed by atoms with Crippen LogP contribution in [0.2, 0.25) is 0 Å². The van der Waals surface area contributed by atoms with E-state index in [4.69, 9.17) is 4.74 Å². The standard InChI is InChI=1S/C18H22FN3O3/c1-9(2)14(17(24)25-18(3,4)5)22-8-11-12(19)7-21-15-13(11)10(6-20-15)16(22)23/h6-7,9,14H,8H2,1-5H3,(H,20,21)/t14-/m1/s1. The maximum atomic E-state index is 14.3. The van der Waals surface area contributed by atoms with Crippen LogP contribution in [0.1, 0.15) is 50.5 Å². The fourth-order valence-corrected chi connectivity index (χ4v) is 3.20. The molecule has 0 unspecified atom stereocenters. The monoisotopic (exact) mass is 347 g/mol. The molecule has 0 aromatic carbocycles. The summed E-state index contributed by atoms with van der Waals surface area (Å²) in [5.41, 5.74) is 0.502. The number of amides is 1. The average Bonchev–Trinajstić information content (AvgIpc) is 2.90. The Balaban J connectivity index is 2.03. The van der Waals surface area contributed by atoms with Crippen molar-refractivity contribution in [3.63, 3.8) is 0 Å². The van der Waals surface area contributed by atoms with Gasteiger partial charge in [0, 0.05) is 17.1 Å². The number of aromatic nitrogens is 2. The van der Waals surface area contributed by atoms with Gasteiger partial charge in [0.25, 0.3) is 5.91 Å². The van der Waals surface area contributed by atoms with E-state index in [1.807, 2.05) is 13.8 Å². The molecule has 6 nitrogen and oxygen atoms in total. The molecule has 0 spiro atoms. The molecule has 1 aliphatic heterocycles. The molecule has 1 aliphatic rings. The van der Waals surface area contributed by atoms with E-state index in [0.29, 0.717) is 22.2 Å². The fourth-order valence-electron chi connectivity index (χ4n) is 3.20. The van der Waals surface area contributed by atoms with Crippen LogP contribution in [0.25, 0.3) is 11.0 Å². The third kappa shape index (κ3) is 2.99.